The molecule has 1 aliphatic rings. The number of amides is 2. The highest BCUT2D eigenvalue weighted by Crippen LogP contribution is 2.37. The maximum Gasteiger partial charge on any atom is 0.339 e. The van der Waals surface area contributed by atoms with E-state index in [2.05, 4.69) is 10.3 Å². The van der Waals surface area contributed by atoms with Crippen molar-refractivity contribution >= 4 is 34.1 Å². The number of carbonyl (C=O) groups excluding carboxylic acids is 2. The predicted molar refractivity (Wildman–Crippen MR) is 113 cm³/mol. The standard InChI is InChI=1S/C22H19N3O4S/c1-13-7-8-15(11-23-13)21(27)25-10-9-16-17(12-25)30-20(18(16)22(28)29)24-19(26)14-5-3-2-4-6-14/h2-8,11H,9-10,12H2,1H3,(H,24,26)(H,28,29). The van der Waals surface area contributed by atoms with E-state index in [1.165, 1.54) is 11.3 Å². The number of benzene rings is 1. The molecule has 4 rings (SSSR count). The van der Waals surface area contributed by atoms with Crippen LogP contribution in [0.3, 0.4) is 0 Å². The van der Waals surface area contributed by atoms with Crippen molar-refractivity contribution in [1.29, 1.82) is 0 Å². The van der Waals surface area contributed by atoms with Gasteiger partial charge in [0.2, 0.25) is 0 Å². The third-order valence-electron chi connectivity index (χ3n) is 4.98. The molecule has 0 saturated heterocycles. The van der Waals surface area contributed by atoms with Crippen LogP contribution in [0.15, 0.2) is 48.7 Å². The topological polar surface area (TPSA) is 99.6 Å². The lowest BCUT2D eigenvalue weighted by Gasteiger charge is -2.27. The monoisotopic (exact) mass is 421 g/mol. The molecule has 8 heteroatoms. The zero-order valence-corrected chi connectivity index (χ0v) is 17.0. The Morgan fingerprint density at radius 3 is 2.53 bits per heavy atom. The summed E-state index contributed by atoms with van der Waals surface area (Å²) in [5.41, 5.74) is 2.57. The Morgan fingerprint density at radius 2 is 1.87 bits per heavy atom. The second kappa shape index (κ2) is 8.08. The summed E-state index contributed by atoms with van der Waals surface area (Å²) in [7, 11) is 0. The number of nitrogens with one attached hydrogen (secondary N) is 1. The van der Waals surface area contributed by atoms with Crippen LogP contribution in [0.5, 0.6) is 0 Å². The lowest BCUT2D eigenvalue weighted by molar-refractivity contribution is 0.0696. The molecule has 0 fully saturated rings. The number of aromatic nitrogens is 1. The number of nitrogens with zero attached hydrogens (tertiary/aromatic N) is 2. The van der Waals surface area contributed by atoms with Crippen LogP contribution in [-0.4, -0.2) is 39.3 Å². The molecule has 0 atom stereocenters. The zero-order chi connectivity index (χ0) is 21.3. The van der Waals surface area contributed by atoms with Gasteiger partial charge in [-0.1, -0.05) is 18.2 Å². The number of aromatic carboxylic acids is 1. The van der Waals surface area contributed by atoms with E-state index >= 15 is 0 Å². The summed E-state index contributed by atoms with van der Waals surface area (Å²) in [5, 5.41) is 12.8. The summed E-state index contributed by atoms with van der Waals surface area (Å²) in [5.74, 6) is -1.60. The molecule has 0 spiro atoms. The molecular formula is C22H19N3O4S. The maximum atomic E-state index is 12.8. The average Bonchev–Trinajstić information content (AvgIpc) is 3.11. The number of thiophene rings is 1. The first-order valence-electron chi connectivity index (χ1n) is 9.40. The lowest BCUT2D eigenvalue weighted by Crippen LogP contribution is -2.35. The minimum Gasteiger partial charge on any atom is -0.478 e. The quantitative estimate of drug-likeness (QED) is 0.671. The largest absolute Gasteiger partial charge is 0.478 e. The molecule has 2 aromatic heterocycles. The van der Waals surface area contributed by atoms with Crippen LogP contribution in [-0.2, 0) is 13.0 Å². The van der Waals surface area contributed by atoms with Gasteiger partial charge in [0.15, 0.2) is 0 Å². The minimum atomic E-state index is -1.08. The predicted octanol–water partition coefficient (Wildman–Crippen LogP) is 3.60. The summed E-state index contributed by atoms with van der Waals surface area (Å²) in [6, 6.07) is 12.2. The molecule has 2 N–H and O–H groups in total. The van der Waals surface area contributed by atoms with Gasteiger partial charge in [0.25, 0.3) is 11.8 Å². The van der Waals surface area contributed by atoms with E-state index in [1.807, 2.05) is 6.92 Å². The Hall–Kier alpha value is -3.52. The molecule has 30 heavy (non-hydrogen) atoms. The number of carboxylic acid groups (broad SMARTS) is 1. The fourth-order valence-electron chi connectivity index (χ4n) is 3.43. The van der Waals surface area contributed by atoms with Crippen molar-refractivity contribution in [3.63, 3.8) is 0 Å². The van der Waals surface area contributed by atoms with Gasteiger partial charge in [-0.2, -0.15) is 0 Å². The van der Waals surface area contributed by atoms with Crippen LogP contribution in [0.1, 0.15) is 47.2 Å². The Kier molecular flexibility index (Phi) is 5.33. The van der Waals surface area contributed by atoms with E-state index < -0.39 is 5.97 Å². The Balaban J connectivity index is 1.59. The first kappa shape index (κ1) is 19.8. The highest BCUT2D eigenvalue weighted by atomic mass is 32.1. The fourth-order valence-corrected chi connectivity index (χ4v) is 4.68. The fraction of sp³-hybridized carbons (Fsp3) is 0.182. The van der Waals surface area contributed by atoms with Crippen molar-refractivity contribution < 1.29 is 19.5 Å². The van der Waals surface area contributed by atoms with Crippen LogP contribution < -0.4 is 5.32 Å². The summed E-state index contributed by atoms with van der Waals surface area (Å²) >= 11 is 1.21. The molecule has 0 unspecified atom stereocenters. The normalized spacial score (nSPS) is 12.9. The van der Waals surface area contributed by atoms with Crippen molar-refractivity contribution in [2.75, 3.05) is 11.9 Å². The first-order valence-corrected chi connectivity index (χ1v) is 10.2. The van der Waals surface area contributed by atoms with Gasteiger partial charge >= 0.3 is 5.97 Å². The number of anilines is 1. The van der Waals surface area contributed by atoms with Gasteiger partial charge in [-0.3, -0.25) is 14.6 Å². The molecule has 3 heterocycles. The van der Waals surface area contributed by atoms with E-state index in [0.29, 0.717) is 41.2 Å². The lowest BCUT2D eigenvalue weighted by atomic mass is 10.0. The summed E-state index contributed by atoms with van der Waals surface area (Å²) in [6.45, 7) is 2.56. The number of pyridine rings is 1. The number of hydrogen-bond acceptors (Lipinski definition) is 5. The van der Waals surface area contributed by atoms with Crippen molar-refractivity contribution in [2.45, 2.75) is 19.9 Å². The zero-order valence-electron chi connectivity index (χ0n) is 16.2. The highest BCUT2D eigenvalue weighted by molar-refractivity contribution is 7.17. The SMILES string of the molecule is Cc1ccc(C(=O)N2CCc3c(sc(NC(=O)c4ccccc4)c3C(=O)O)C2)cn1. The van der Waals surface area contributed by atoms with E-state index in [4.69, 9.17) is 0 Å². The van der Waals surface area contributed by atoms with Crippen molar-refractivity contribution in [3.05, 3.63) is 81.5 Å². The molecule has 152 valence electrons. The van der Waals surface area contributed by atoms with E-state index in [9.17, 15) is 19.5 Å². The highest BCUT2D eigenvalue weighted by Gasteiger charge is 2.30. The smallest absolute Gasteiger partial charge is 0.339 e. The van der Waals surface area contributed by atoms with Crippen LogP contribution in [0, 0.1) is 6.92 Å². The van der Waals surface area contributed by atoms with E-state index in [1.54, 1.807) is 53.6 Å². The molecule has 2 amide bonds. The summed E-state index contributed by atoms with van der Waals surface area (Å²) in [6.07, 6.45) is 1.97. The molecule has 1 aromatic carbocycles. The summed E-state index contributed by atoms with van der Waals surface area (Å²) in [4.78, 5) is 43.9. The average molecular weight is 421 g/mol. The van der Waals surface area contributed by atoms with Crippen LogP contribution in [0.4, 0.5) is 5.00 Å². The number of rotatable bonds is 4. The number of carboxylic acids is 1. The van der Waals surface area contributed by atoms with Gasteiger partial charge in [-0.25, -0.2) is 4.79 Å². The maximum absolute atomic E-state index is 12.8. The molecule has 3 aromatic rings. The molecule has 1 aliphatic heterocycles. The summed E-state index contributed by atoms with van der Waals surface area (Å²) < 4.78 is 0. The van der Waals surface area contributed by atoms with Gasteiger partial charge in [0.05, 0.1) is 17.7 Å². The molecule has 0 aliphatic carbocycles. The second-order valence-corrected chi connectivity index (χ2v) is 8.10. The number of aryl methyl sites for hydroxylation is 1. The van der Waals surface area contributed by atoms with Gasteiger partial charge in [-0.05, 0) is 43.2 Å². The van der Waals surface area contributed by atoms with Crippen molar-refractivity contribution in [1.82, 2.24) is 9.88 Å². The van der Waals surface area contributed by atoms with Gasteiger partial charge in [-0.15, -0.1) is 11.3 Å². The van der Waals surface area contributed by atoms with Crippen LogP contribution >= 0.6 is 11.3 Å². The van der Waals surface area contributed by atoms with Crippen LogP contribution in [0.25, 0.3) is 0 Å². The number of carbonyl (C=O) groups is 3. The number of hydrogen-bond donors (Lipinski definition) is 2. The van der Waals surface area contributed by atoms with Gasteiger partial charge in [0.1, 0.15) is 5.00 Å². The van der Waals surface area contributed by atoms with Gasteiger partial charge in [0, 0.05) is 28.9 Å². The Bertz CT molecular complexity index is 1120. The second-order valence-electron chi connectivity index (χ2n) is 7.00. The Labute approximate surface area is 177 Å². The molecule has 7 nitrogen and oxygen atoms in total. The molecule has 0 saturated carbocycles. The van der Waals surface area contributed by atoms with Crippen LogP contribution in [0.2, 0.25) is 0 Å². The number of fused-ring (bicyclic) bond motifs is 1. The molecular weight excluding hydrogens is 402 g/mol. The molecule has 0 radical (unpaired) electrons. The first-order chi connectivity index (χ1) is 14.4. The minimum absolute atomic E-state index is 0.114. The Morgan fingerprint density at radius 1 is 1.10 bits per heavy atom. The van der Waals surface area contributed by atoms with Crippen molar-refractivity contribution in [3.8, 4) is 0 Å². The van der Waals surface area contributed by atoms with E-state index in [-0.39, 0.29) is 17.4 Å². The van der Waals surface area contributed by atoms with Crippen molar-refractivity contribution in [2.24, 2.45) is 0 Å². The van der Waals surface area contributed by atoms with E-state index in [0.717, 1.165) is 10.6 Å². The third kappa shape index (κ3) is 3.81. The molecule has 0 bridgehead atoms. The van der Waals surface area contributed by atoms with Gasteiger partial charge < -0.3 is 15.3 Å². The third-order valence-corrected chi connectivity index (χ3v) is 6.11.